The van der Waals surface area contributed by atoms with E-state index in [0.29, 0.717) is 0 Å². The Morgan fingerprint density at radius 1 is 1.05 bits per heavy atom. The maximum atomic E-state index is 2.42. The van der Waals surface area contributed by atoms with E-state index in [2.05, 4.69) is 104 Å². The number of anilines is 2. The number of para-hydroxylation sites is 1. The smallest absolute Gasteiger partial charge is 0.0549 e. The second kappa shape index (κ2) is 7.12. The van der Waals surface area contributed by atoms with E-state index >= 15 is 0 Å². The number of allylic oxidation sites excluding steroid dienone is 1. The summed E-state index contributed by atoms with van der Waals surface area (Å²) in [6.07, 6.45) is 4.32. The summed E-state index contributed by atoms with van der Waals surface area (Å²) in [6.45, 7) is 9.53. The van der Waals surface area contributed by atoms with Gasteiger partial charge in [-0.1, -0.05) is 42.0 Å². The molecule has 0 saturated heterocycles. The Morgan fingerprint density at radius 3 is 2.24 bits per heavy atom. The minimum Gasteiger partial charge on any atom is -0.336 e. The molecule has 0 aliphatic carbocycles. The Kier molecular flexibility index (Phi) is 5.45. The first kappa shape index (κ1) is 16.1. The third-order valence-electron chi connectivity index (χ3n) is 3.57. The first-order valence-corrected chi connectivity index (χ1v) is 8.33. The highest BCUT2D eigenvalue weighted by atomic mass is 127. The van der Waals surface area contributed by atoms with Crippen molar-refractivity contribution in [2.45, 2.75) is 27.7 Å². The Hall–Kier alpha value is -1.29. The molecule has 21 heavy (non-hydrogen) atoms. The van der Waals surface area contributed by atoms with Gasteiger partial charge in [0.15, 0.2) is 0 Å². The van der Waals surface area contributed by atoms with Crippen LogP contribution in [0.3, 0.4) is 0 Å². The lowest BCUT2D eigenvalue weighted by molar-refractivity contribution is 1.06. The standard InChI is InChI=1S/C19H22IN/c1-5-6-11-21(18-10-8-7-9-17(18)20)19-15(3)12-14(2)13-16(19)4/h5-10,12-13H,11H2,1-4H3/b6-5-. The van der Waals surface area contributed by atoms with E-state index in [1.165, 1.54) is 31.6 Å². The number of rotatable bonds is 4. The van der Waals surface area contributed by atoms with Gasteiger partial charge in [0, 0.05) is 15.8 Å². The fraction of sp³-hybridized carbons (Fsp3) is 0.263. The van der Waals surface area contributed by atoms with Crippen molar-refractivity contribution in [3.63, 3.8) is 0 Å². The number of hydrogen-bond acceptors (Lipinski definition) is 1. The monoisotopic (exact) mass is 391 g/mol. The summed E-state index contributed by atoms with van der Waals surface area (Å²) in [4.78, 5) is 2.41. The van der Waals surface area contributed by atoms with Crippen LogP contribution in [0, 0.1) is 24.3 Å². The highest BCUT2D eigenvalue weighted by molar-refractivity contribution is 14.1. The molecule has 0 amide bonds. The van der Waals surface area contributed by atoms with Gasteiger partial charge in [0.1, 0.15) is 0 Å². The van der Waals surface area contributed by atoms with E-state index in [4.69, 9.17) is 0 Å². The maximum Gasteiger partial charge on any atom is 0.0549 e. The molecule has 0 heterocycles. The van der Waals surface area contributed by atoms with E-state index in [0.717, 1.165) is 6.54 Å². The molecule has 0 atom stereocenters. The minimum atomic E-state index is 0.890. The molecule has 0 fully saturated rings. The molecule has 0 saturated carbocycles. The topological polar surface area (TPSA) is 3.24 Å². The van der Waals surface area contributed by atoms with Crippen LogP contribution in [0.15, 0.2) is 48.6 Å². The molecule has 0 spiro atoms. The van der Waals surface area contributed by atoms with Gasteiger partial charge in [-0.3, -0.25) is 0 Å². The third-order valence-corrected chi connectivity index (χ3v) is 4.48. The molecule has 2 rings (SSSR count). The highest BCUT2D eigenvalue weighted by Gasteiger charge is 2.15. The average molecular weight is 391 g/mol. The predicted molar refractivity (Wildman–Crippen MR) is 102 cm³/mol. The van der Waals surface area contributed by atoms with E-state index in [1.54, 1.807) is 0 Å². The fourth-order valence-corrected chi connectivity index (χ4v) is 3.47. The number of aryl methyl sites for hydroxylation is 3. The van der Waals surface area contributed by atoms with Gasteiger partial charge in [0.05, 0.1) is 5.69 Å². The summed E-state index contributed by atoms with van der Waals surface area (Å²) in [5.41, 5.74) is 6.57. The van der Waals surface area contributed by atoms with Gasteiger partial charge in [-0.2, -0.15) is 0 Å². The molecule has 0 aliphatic heterocycles. The van der Waals surface area contributed by atoms with Crippen LogP contribution < -0.4 is 4.90 Å². The summed E-state index contributed by atoms with van der Waals surface area (Å²) in [5, 5.41) is 0. The maximum absolute atomic E-state index is 2.42. The van der Waals surface area contributed by atoms with E-state index in [1.807, 2.05) is 0 Å². The fourth-order valence-electron chi connectivity index (χ4n) is 2.79. The van der Waals surface area contributed by atoms with Crippen molar-refractivity contribution in [2.75, 3.05) is 11.4 Å². The normalized spacial score (nSPS) is 11.1. The third kappa shape index (κ3) is 3.67. The van der Waals surface area contributed by atoms with Crippen molar-refractivity contribution in [3.05, 3.63) is 68.8 Å². The number of nitrogens with zero attached hydrogens (tertiary/aromatic N) is 1. The van der Waals surface area contributed by atoms with Crippen molar-refractivity contribution in [1.29, 1.82) is 0 Å². The molecule has 0 bridgehead atoms. The lowest BCUT2D eigenvalue weighted by Gasteiger charge is -2.28. The van der Waals surface area contributed by atoms with Crippen LogP contribution >= 0.6 is 22.6 Å². The first-order chi connectivity index (χ1) is 10.0. The molecule has 2 heteroatoms. The number of halogens is 1. The van der Waals surface area contributed by atoms with Crippen LogP contribution in [0.2, 0.25) is 0 Å². The molecule has 0 aliphatic rings. The van der Waals surface area contributed by atoms with Gasteiger partial charge < -0.3 is 4.90 Å². The number of hydrogen-bond donors (Lipinski definition) is 0. The molecule has 0 N–H and O–H groups in total. The van der Waals surface area contributed by atoms with E-state index < -0.39 is 0 Å². The molecular formula is C19H22IN. The van der Waals surface area contributed by atoms with Crippen LogP contribution in [-0.2, 0) is 0 Å². The summed E-state index contributed by atoms with van der Waals surface area (Å²) in [7, 11) is 0. The quantitative estimate of drug-likeness (QED) is 0.461. The Morgan fingerprint density at radius 2 is 1.67 bits per heavy atom. The van der Waals surface area contributed by atoms with Gasteiger partial charge >= 0.3 is 0 Å². The average Bonchev–Trinajstić information content (AvgIpc) is 2.42. The van der Waals surface area contributed by atoms with Gasteiger partial charge in [-0.15, -0.1) is 0 Å². The van der Waals surface area contributed by atoms with Crippen molar-refractivity contribution in [3.8, 4) is 0 Å². The van der Waals surface area contributed by atoms with Gasteiger partial charge in [-0.25, -0.2) is 0 Å². The van der Waals surface area contributed by atoms with Crippen LogP contribution in [0.5, 0.6) is 0 Å². The lowest BCUT2D eigenvalue weighted by Crippen LogP contribution is -2.20. The van der Waals surface area contributed by atoms with Crippen molar-refractivity contribution in [1.82, 2.24) is 0 Å². The Labute approximate surface area is 141 Å². The van der Waals surface area contributed by atoms with Crippen LogP contribution in [0.25, 0.3) is 0 Å². The van der Waals surface area contributed by atoms with Crippen molar-refractivity contribution in [2.24, 2.45) is 0 Å². The first-order valence-electron chi connectivity index (χ1n) is 7.25. The van der Waals surface area contributed by atoms with Gasteiger partial charge in [-0.05, 0) is 73.5 Å². The van der Waals surface area contributed by atoms with Crippen LogP contribution in [-0.4, -0.2) is 6.54 Å². The molecular weight excluding hydrogens is 369 g/mol. The molecule has 1 nitrogen and oxygen atoms in total. The van der Waals surface area contributed by atoms with Gasteiger partial charge in [0.2, 0.25) is 0 Å². The van der Waals surface area contributed by atoms with Gasteiger partial charge in [0.25, 0.3) is 0 Å². The lowest BCUT2D eigenvalue weighted by atomic mass is 10.0. The summed E-state index contributed by atoms with van der Waals surface area (Å²) in [5.74, 6) is 0. The van der Waals surface area contributed by atoms with Crippen molar-refractivity contribution >= 4 is 34.0 Å². The van der Waals surface area contributed by atoms with Crippen LogP contribution in [0.4, 0.5) is 11.4 Å². The summed E-state index contributed by atoms with van der Waals surface area (Å²) < 4.78 is 1.28. The SMILES string of the molecule is C/C=C\CN(c1ccccc1I)c1c(C)cc(C)cc1C. The van der Waals surface area contributed by atoms with E-state index in [9.17, 15) is 0 Å². The molecule has 2 aromatic rings. The summed E-state index contributed by atoms with van der Waals surface area (Å²) >= 11 is 2.42. The largest absolute Gasteiger partial charge is 0.336 e. The van der Waals surface area contributed by atoms with Crippen LogP contribution in [0.1, 0.15) is 23.6 Å². The van der Waals surface area contributed by atoms with E-state index in [-0.39, 0.29) is 0 Å². The zero-order chi connectivity index (χ0) is 15.4. The molecule has 2 aromatic carbocycles. The second-order valence-corrected chi connectivity index (χ2v) is 6.54. The zero-order valence-corrected chi connectivity index (χ0v) is 15.3. The molecule has 110 valence electrons. The second-order valence-electron chi connectivity index (χ2n) is 5.38. The predicted octanol–water partition coefficient (Wildman–Crippen LogP) is 5.93. The Balaban J connectivity index is 2.59. The minimum absolute atomic E-state index is 0.890. The highest BCUT2D eigenvalue weighted by Crippen LogP contribution is 2.34. The van der Waals surface area contributed by atoms with Crippen molar-refractivity contribution < 1.29 is 0 Å². The summed E-state index contributed by atoms with van der Waals surface area (Å²) in [6, 6.07) is 13.1. The molecule has 0 aromatic heterocycles. The molecule has 0 radical (unpaired) electrons. The Bertz CT molecular complexity index is 635. The molecule has 0 unspecified atom stereocenters. The number of benzene rings is 2. The zero-order valence-electron chi connectivity index (χ0n) is 13.2.